The standard InChI is InChI=1S/C29H25ClF3NO4/c1-18-3-10-22(11-4-18)36-17-27-26(37-23-12-5-19(2)6-13-23)16-24(38-27)14-8-20-7-9-21(30)15-25(20)34-28(35)29(31,32)33/h3-7,9-13,15,24,26-27H,16-17H2,1-2H3,(H,34,35)/t24-,26+,27-/m1/s1. The molecular formula is C29H25ClF3NO4. The minimum atomic E-state index is -5.05. The van der Waals surface area contributed by atoms with Gasteiger partial charge in [0.1, 0.15) is 36.4 Å². The maximum atomic E-state index is 12.8. The smallest absolute Gasteiger partial charge is 0.471 e. The maximum Gasteiger partial charge on any atom is 0.471 e. The van der Waals surface area contributed by atoms with E-state index in [1.54, 1.807) is 0 Å². The van der Waals surface area contributed by atoms with Gasteiger partial charge in [0.15, 0.2) is 0 Å². The number of hydrogen-bond donors (Lipinski definition) is 1. The fourth-order valence-electron chi connectivity index (χ4n) is 3.77. The van der Waals surface area contributed by atoms with Gasteiger partial charge < -0.3 is 19.5 Å². The number of ether oxygens (including phenoxy) is 3. The molecule has 4 rings (SSSR count). The second-order valence-corrected chi connectivity index (χ2v) is 9.34. The molecule has 0 radical (unpaired) electrons. The van der Waals surface area contributed by atoms with Gasteiger partial charge in [0.25, 0.3) is 0 Å². The highest BCUT2D eigenvalue weighted by molar-refractivity contribution is 6.31. The Bertz CT molecular complexity index is 1330. The highest BCUT2D eigenvalue weighted by Gasteiger charge is 2.39. The van der Waals surface area contributed by atoms with Gasteiger partial charge in [0.2, 0.25) is 0 Å². The van der Waals surface area contributed by atoms with Crippen molar-refractivity contribution in [3.05, 3.63) is 88.4 Å². The number of benzene rings is 3. The first-order chi connectivity index (χ1) is 18.1. The molecular weight excluding hydrogens is 519 g/mol. The van der Waals surface area contributed by atoms with Crippen molar-refractivity contribution >= 4 is 23.2 Å². The summed E-state index contributed by atoms with van der Waals surface area (Å²) in [7, 11) is 0. The first kappa shape index (κ1) is 27.4. The molecule has 0 aliphatic carbocycles. The molecule has 3 aromatic carbocycles. The lowest BCUT2D eigenvalue weighted by molar-refractivity contribution is -0.167. The zero-order valence-corrected chi connectivity index (χ0v) is 21.4. The Morgan fingerprint density at radius 2 is 1.66 bits per heavy atom. The molecule has 5 nitrogen and oxygen atoms in total. The maximum absolute atomic E-state index is 12.8. The van der Waals surface area contributed by atoms with E-state index in [2.05, 4.69) is 11.8 Å². The van der Waals surface area contributed by atoms with Gasteiger partial charge in [-0.15, -0.1) is 0 Å². The van der Waals surface area contributed by atoms with Crippen LogP contribution in [0.15, 0.2) is 66.7 Å². The molecule has 0 saturated carbocycles. The third kappa shape index (κ3) is 7.44. The third-order valence-corrected chi connectivity index (χ3v) is 6.03. The van der Waals surface area contributed by atoms with Crippen LogP contribution >= 0.6 is 11.6 Å². The molecule has 0 aromatic heterocycles. The molecule has 1 aliphatic heterocycles. The highest BCUT2D eigenvalue weighted by atomic mass is 35.5. The van der Waals surface area contributed by atoms with Crippen LogP contribution in [0.2, 0.25) is 5.02 Å². The van der Waals surface area contributed by atoms with Crippen molar-refractivity contribution in [2.24, 2.45) is 0 Å². The van der Waals surface area contributed by atoms with Crippen LogP contribution in [-0.2, 0) is 9.53 Å². The van der Waals surface area contributed by atoms with Crippen molar-refractivity contribution in [3.63, 3.8) is 0 Å². The SMILES string of the molecule is Cc1ccc(OC[C@H]2O[C@H](C#Cc3ccc(Cl)cc3NC(=O)C(F)(F)F)C[C@@H]2Oc2ccc(C)cc2)cc1. The molecule has 3 aromatic rings. The Morgan fingerprint density at radius 3 is 2.29 bits per heavy atom. The van der Waals surface area contributed by atoms with Crippen LogP contribution in [0.25, 0.3) is 0 Å². The van der Waals surface area contributed by atoms with E-state index in [4.69, 9.17) is 25.8 Å². The minimum Gasteiger partial charge on any atom is -0.491 e. The third-order valence-electron chi connectivity index (χ3n) is 5.80. The lowest BCUT2D eigenvalue weighted by Crippen LogP contribution is -2.32. The molecule has 198 valence electrons. The summed E-state index contributed by atoms with van der Waals surface area (Å²) in [5.74, 6) is 5.02. The normalized spacial score (nSPS) is 18.8. The van der Waals surface area contributed by atoms with Crippen molar-refractivity contribution in [1.29, 1.82) is 0 Å². The van der Waals surface area contributed by atoms with E-state index in [9.17, 15) is 18.0 Å². The van der Waals surface area contributed by atoms with Crippen LogP contribution in [0.5, 0.6) is 11.5 Å². The summed E-state index contributed by atoms with van der Waals surface area (Å²) in [6.07, 6.45) is -6.06. The van der Waals surface area contributed by atoms with E-state index in [0.29, 0.717) is 17.9 Å². The zero-order valence-electron chi connectivity index (χ0n) is 20.6. The fraction of sp³-hybridized carbons (Fsp3) is 0.276. The summed E-state index contributed by atoms with van der Waals surface area (Å²) >= 11 is 5.92. The molecule has 38 heavy (non-hydrogen) atoms. The number of carbonyl (C=O) groups is 1. The molecule has 1 saturated heterocycles. The molecule has 1 N–H and O–H groups in total. The lowest BCUT2D eigenvalue weighted by atomic mass is 10.1. The number of anilines is 1. The molecule has 3 atom stereocenters. The average molecular weight is 544 g/mol. The van der Waals surface area contributed by atoms with E-state index >= 15 is 0 Å². The monoisotopic (exact) mass is 543 g/mol. The highest BCUT2D eigenvalue weighted by Crippen LogP contribution is 2.28. The number of halogens is 4. The van der Waals surface area contributed by atoms with Gasteiger partial charge in [-0.1, -0.05) is 58.8 Å². The van der Waals surface area contributed by atoms with Gasteiger partial charge in [-0.3, -0.25) is 4.79 Å². The number of alkyl halides is 3. The Morgan fingerprint density at radius 1 is 1.03 bits per heavy atom. The number of rotatable bonds is 6. The van der Waals surface area contributed by atoms with Gasteiger partial charge in [-0.05, 0) is 56.3 Å². The van der Waals surface area contributed by atoms with Gasteiger partial charge in [-0.25, -0.2) is 0 Å². The van der Waals surface area contributed by atoms with Crippen LogP contribution in [0.3, 0.4) is 0 Å². The number of carbonyl (C=O) groups excluding carboxylic acids is 1. The van der Waals surface area contributed by atoms with Crippen LogP contribution in [0.1, 0.15) is 23.1 Å². The average Bonchev–Trinajstić information content (AvgIpc) is 3.25. The first-order valence-corrected chi connectivity index (χ1v) is 12.2. The Balaban J connectivity index is 1.51. The predicted octanol–water partition coefficient (Wildman–Crippen LogP) is 6.49. The molecule has 1 aliphatic rings. The Kier molecular flexibility index (Phi) is 8.50. The van der Waals surface area contributed by atoms with Gasteiger partial charge in [0.05, 0.1) is 5.69 Å². The molecule has 1 amide bonds. The quantitative estimate of drug-likeness (QED) is 0.361. The largest absolute Gasteiger partial charge is 0.491 e. The van der Waals surface area contributed by atoms with E-state index in [-0.39, 0.29) is 29.0 Å². The van der Waals surface area contributed by atoms with Gasteiger partial charge in [-0.2, -0.15) is 13.2 Å². The summed E-state index contributed by atoms with van der Waals surface area (Å²) in [5.41, 5.74) is 2.24. The van der Waals surface area contributed by atoms with Crippen molar-refractivity contribution in [1.82, 2.24) is 0 Å². The minimum absolute atomic E-state index is 0.142. The molecule has 1 fully saturated rings. The second kappa shape index (κ2) is 11.8. The van der Waals surface area contributed by atoms with Crippen molar-refractivity contribution in [2.45, 2.75) is 44.8 Å². The van der Waals surface area contributed by atoms with E-state index < -0.39 is 24.3 Å². The van der Waals surface area contributed by atoms with Crippen LogP contribution < -0.4 is 14.8 Å². The predicted molar refractivity (Wildman–Crippen MR) is 139 cm³/mol. The number of aryl methyl sites for hydroxylation is 2. The topological polar surface area (TPSA) is 56.8 Å². The Hall–Kier alpha value is -3.67. The summed E-state index contributed by atoms with van der Waals surface area (Å²) in [6.45, 7) is 4.18. The van der Waals surface area contributed by atoms with E-state index in [0.717, 1.165) is 11.1 Å². The van der Waals surface area contributed by atoms with Crippen LogP contribution in [0.4, 0.5) is 18.9 Å². The van der Waals surface area contributed by atoms with Crippen molar-refractivity contribution < 1.29 is 32.2 Å². The molecule has 9 heteroatoms. The lowest BCUT2D eigenvalue weighted by Gasteiger charge is -2.20. The van der Waals surface area contributed by atoms with Crippen LogP contribution in [0, 0.1) is 25.7 Å². The summed E-state index contributed by atoms with van der Waals surface area (Å²) in [5, 5.41) is 1.98. The summed E-state index contributed by atoms with van der Waals surface area (Å²) in [4.78, 5) is 11.5. The number of hydrogen-bond acceptors (Lipinski definition) is 4. The summed E-state index contributed by atoms with van der Waals surface area (Å²) < 4.78 is 56.6. The second-order valence-electron chi connectivity index (χ2n) is 8.90. The van der Waals surface area contributed by atoms with Gasteiger partial charge >= 0.3 is 12.1 Å². The van der Waals surface area contributed by atoms with Crippen LogP contribution in [-0.4, -0.2) is 37.0 Å². The summed E-state index contributed by atoms with van der Waals surface area (Å²) in [6, 6.07) is 19.4. The molecule has 0 bridgehead atoms. The Labute approximate surface area is 223 Å². The number of amides is 1. The van der Waals surface area contributed by atoms with Crippen molar-refractivity contribution in [2.75, 3.05) is 11.9 Å². The first-order valence-electron chi connectivity index (χ1n) is 11.8. The molecule has 0 unspecified atom stereocenters. The fourth-order valence-corrected chi connectivity index (χ4v) is 3.94. The molecule has 0 spiro atoms. The zero-order chi connectivity index (χ0) is 27.3. The van der Waals surface area contributed by atoms with E-state index in [1.807, 2.05) is 67.7 Å². The van der Waals surface area contributed by atoms with Gasteiger partial charge in [0, 0.05) is 17.0 Å². The van der Waals surface area contributed by atoms with Crippen molar-refractivity contribution in [3.8, 4) is 23.3 Å². The number of nitrogens with one attached hydrogen (secondary N) is 1. The van der Waals surface area contributed by atoms with E-state index in [1.165, 1.54) is 18.2 Å². The molecule has 1 heterocycles.